The standard InChI is InChI=1S/C30H30F2N4O4.C23H24F2N4O4.C22H24IN3O3.C19H18INO5.C7H7F2N.C4H11N.CO/c1-30-23-12-11-22-24(28(38)33-16-19-9-10-20(31)15-21(19)32)26(37)27(40-17-18-7-4-3-5-8-18)25(36(22)23)29(39)35(30)14-6-13-34(30)2;1-23-16-7-6-15-17(21(32)26-11-12-4-5-13(24)10-14(12)25)19(30)20(31)18(29(15)16)22(33)28(23)9-3-8-27(23)2;1-22-16-10-9-15-17(23)19(27)20(29-13-14-7-4-3-5-8-14)18(26(15)16)21(28)25(22)12-6-11-24(22)2;1-11(22)13-8-9-14-15(20)17(23)18(16(21(13)14)19(24)25-2)26-10-12-6-4-3-5-7-12;8-6-2-1-5(4-10)7(9)3-6;1-2-3-4-5;1-2/h3-5,7-10,15,23H,6,11-14,16-17H2,1-2H3,(H,33,38);4-5,10,16,31H,3,6-9,11H2,1-2H3,(H,26,32);3-5,7-8,16H,6,9-13H2,1-2H3;3-7,13H,8-10H2,1-2H3;1-3H,4,10H2;2-5H2,1H3;. The van der Waals surface area contributed by atoms with Crippen LogP contribution in [0.15, 0.2) is 165 Å². The number of hydrogen-bond donors (Lipinski definition) is 5. The molecule has 4 aromatic heterocycles. The minimum atomic E-state index is -0.920. The van der Waals surface area contributed by atoms with Crippen LogP contribution in [0.25, 0.3) is 0 Å². The van der Waals surface area contributed by atoms with E-state index in [1.807, 2.05) is 156 Å². The number of nitrogens with zero attached hydrogens (tertiary/aromatic N) is 10. The van der Waals surface area contributed by atoms with Gasteiger partial charge < -0.3 is 79.1 Å². The molecule has 31 nitrogen and oxygen atoms in total. The molecule has 7 atom stereocenters. The van der Waals surface area contributed by atoms with Gasteiger partial charge >= 0.3 is 17.3 Å². The number of rotatable bonds is 20. The molecule has 7 unspecified atom stereocenters. The topological polar surface area (TPSA) is 380 Å². The Morgan fingerprint density at radius 2 is 0.814 bits per heavy atom. The molecule has 766 valence electrons. The molecule has 5 amide bonds. The molecule has 0 radical (unpaired) electrons. The fourth-order valence-corrected chi connectivity index (χ4v) is 22.9. The number of ketones is 1. The van der Waals surface area contributed by atoms with E-state index >= 15 is 0 Å². The number of likely N-dealkylation sites (N-methyl/N-ethyl adjacent to an activating group) is 3. The van der Waals surface area contributed by atoms with Gasteiger partial charge in [0.15, 0.2) is 51.6 Å². The molecular weight excluding hydrogens is 2110 g/mol. The van der Waals surface area contributed by atoms with Crippen molar-refractivity contribution in [3.8, 4) is 23.0 Å². The number of carbonyl (C=O) groups is 7. The summed E-state index contributed by atoms with van der Waals surface area (Å²) in [6, 6.07) is 37.0. The zero-order valence-corrected chi connectivity index (χ0v) is 86.0. The number of halogens is 8. The zero-order chi connectivity index (χ0) is 105. The number of aromatic nitrogens is 4. The third-order valence-electron chi connectivity index (χ3n) is 29.1. The number of pyridine rings is 4. The number of ether oxygens (including phenoxy) is 4. The first kappa shape index (κ1) is 108. The van der Waals surface area contributed by atoms with E-state index in [0.717, 1.165) is 105 Å². The van der Waals surface area contributed by atoms with Crippen molar-refractivity contribution >= 4 is 86.5 Å². The molecule has 0 spiro atoms. The van der Waals surface area contributed by atoms with E-state index in [1.54, 1.807) is 14.0 Å². The molecule has 20 rings (SSSR count). The van der Waals surface area contributed by atoms with Gasteiger partial charge in [0.05, 0.1) is 38.4 Å². The summed E-state index contributed by atoms with van der Waals surface area (Å²) in [7, 11) is 7.28. The van der Waals surface area contributed by atoms with E-state index in [-0.39, 0.29) is 148 Å². The van der Waals surface area contributed by atoms with Gasteiger partial charge in [-0.3, -0.25) is 62.6 Å². The Hall–Kier alpha value is -12.6. The third kappa shape index (κ3) is 20.8. The fourth-order valence-electron chi connectivity index (χ4n) is 21.4. The number of nitrogens with two attached hydrogens (primary N) is 2. The van der Waals surface area contributed by atoms with Crippen molar-refractivity contribution in [2.45, 2.75) is 199 Å². The molecule has 145 heavy (non-hydrogen) atoms. The maximum atomic E-state index is 14.2. The summed E-state index contributed by atoms with van der Waals surface area (Å²) in [5.41, 5.74) is 12.4. The minimum absolute atomic E-state index is 0.0153. The fraction of sp³-hybridized carbons (Fsp3) is 0.396. The van der Waals surface area contributed by atoms with Crippen molar-refractivity contribution in [3.05, 3.63) is 325 Å². The monoisotopic (exact) mass is 2220 g/mol. The molecule has 3 saturated heterocycles. The van der Waals surface area contributed by atoms with E-state index in [1.165, 1.54) is 51.1 Å². The Labute approximate surface area is 860 Å². The van der Waals surface area contributed by atoms with Crippen LogP contribution in [-0.2, 0) is 79.3 Å². The summed E-state index contributed by atoms with van der Waals surface area (Å²) in [6.07, 6.45) is 9.78. The van der Waals surface area contributed by atoms with E-state index in [4.69, 9.17) is 35.1 Å². The number of carbonyl (C=O) groups excluding carboxylic acids is 7. The van der Waals surface area contributed by atoms with Crippen molar-refractivity contribution < 1.29 is 88.6 Å². The Bertz CT molecular complexity index is 6940. The van der Waals surface area contributed by atoms with E-state index < -0.39 is 92.6 Å². The van der Waals surface area contributed by atoms with Crippen LogP contribution in [0, 0.1) is 48.7 Å². The Balaban J connectivity index is 0.000000146. The summed E-state index contributed by atoms with van der Waals surface area (Å²) in [5.74, 6) is -8.03. The van der Waals surface area contributed by atoms with Crippen molar-refractivity contribution in [2.24, 2.45) is 11.5 Å². The number of benzene rings is 6. The van der Waals surface area contributed by atoms with Crippen LogP contribution in [0.2, 0.25) is 0 Å². The Morgan fingerprint density at radius 3 is 1.19 bits per heavy atom. The molecule has 10 aliphatic rings. The predicted octanol–water partition coefficient (Wildman–Crippen LogP) is 13.4. The second-order valence-electron chi connectivity index (χ2n) is 37.2. The van der Waals surface area contributed by atoms with Gasteiger partial charge in [0, 0.05) is 117 Å². The quantitative estimate of drug-likeness (QED) is 0.0155. The van der Waals surface area contributed by atoms with Gasteiger partial charge in [-0.05, 0) is 213 Å². The summed E-state index contributed by atoms with van der Waals surface area (Å²) in [4.78, 5) is 157. The average Bonchev–Trinajstić information content (AvgIpc) is 1.55. The number of unbranched alkanes of at least 4 members (excludes halogenated alkanes) is 1. The molecule has 0 saturated carbocycles. The van der Waals surface area contributed by atoms with Gasteiger partial charge in [-0.15, -0.1) is 0 Å². The second-order valence-corrected chi connectivity index (χ2v) is 39.4. The van der Waals surface area contributed by atoms with E-state index in [9.17, 15) is 84.2 Å². The van der Waals surface area contributed by atoms with E-state index in [2.05, 4.69) is 80.0 Å². The molecule has 3 fully saturated rings. The third-order valence-corrected chi connectivity index (χ3v) is 31.4. The van der Waals surface area contributed by atoms with Gasteiger partial charge in [0.2, 0.25) is 21.7 Å². The van der Waals surface area contributed by atoms with Gasteiger partial charge in [-0.2, -0.15) is 0 Å². The molecule has 10 aromatic rings. The first-order valence-electron chi connectivity index (χ1n) is 47.8. The molecule has 0 aliphatic carbocycles. The summed E-state index contributed by atoms with van der Waals surface area (Å²) in [5, 5.41) is 15.9. The first-order chi connectivity index (χ1) is 69.4. The molecule has 0 bridgehead atoms. The second kappa shape index (κ2) is 46.0. The van der Waals surface area contributed by atoms with Crippen LogP contribution in [0.4, 0.5) is 26.3 Å². The van der Waals surface area contributed by atoms with Crippen molar-refractivity contribution in [1.29, 1.82) is 0 Å². The molecule has 39 heteroatoms. The summed E-state index contributed by atoms with van der Waals surface area (Å²) < 4.78 is 118. The Morgan fingerprint density at radius 1 is 0.469 bits per heavy atom. The summed E-state index contributed by atoms with van der Waals surface area (Å²) in [6.45, 7) is 19.6. The number of aromatic hydroxyl groups is 1. The van der Waals surface area contributed by atoms with Crippen LogP contribution in [0.5, 0.6) is 23.0 Å². The van der Waals surface area contributed by atoms with Crippen molar-refractivity contribution in [3.63, 3.8) is 0 Å². The van der Waals surface area contributed by atoms with Crippen LogP contribution in [0.1, 0.15) is 235 Å². The molecule has 6 aromatic carbocycles. The number of hydrogen-bond acceptors (Lipinski definition) is 21. The van der Waals surface area contributed by atoms with Gasteiger partial charge in [0.25, 0.3) is 29.5 Å². The zero-order valence-electron chi connectivity index (χ0n) is 81.7. The molecule has 14 heterocycles. The average molecular weight is 2220 g/mol. The normalized spacial score (nSPS) is 20.3. The molecule has 7 N–H and O–H groups in total. The first-order valence-corrected chi connectivity index (χ1v) is 50.0. The SMILES string of the molecule is CCCCN.CN1CCCN2C(=O)c3c(O)c(=O)c(C(=O)NCc4ccc(F)cc4F)c4n3C(CC4)C12C.CN1CCCN2C(=O)c3c(OCc4ccccc4)c(=O)c(C(=O)NCc4ccc(F)cc4F)c4n3C(CC4)C12C.CN1CCCN2C(=O)c3c(OCc4ccccc4)c(=O)c(I)c4n3C(CC4)C12C.COC(=O)c1c(OCc2ccccc2)c(=O)c(I)c2n1C(C(C)=O)CC2.NCc1ccc(F)cc1F.[C-]#[O+]. The van der Waals surface area contributed by atoms with Gasteiger partial charge in [-0.25, -0.2) is 31.1 Å². The van der Waals surface area contributed by atoms with Crippen LogP contribution in [-0.4, -0.2) is 185 Å². The molecule has 10 aliphatic heterocycles. The van der Waals surface area contributed by atoms with Crippen LogP contribution in [0.3, 0.4) is 0 Å². The van der Waals surface area contributed by atoms with Crippen LogP contribution >= 0.6 is 45.2 Å². The van der Waals surface area contributed by atoms with Crippen LogP contribution < -0.4 is 58.0 Å². The number of esters is 1. The van der Waals surface area contributed by atoms with Gasteiger partial charge in [0.1, 0.15) is 82.8 Å². The number of amides is 5. The number of Topliss-reactive ketones (excluding diaryl/α,β-unsaturated/α-hetero) is 1. The maximum absolute atomic E-state index is 14.2. The number of methoxy groups -OCH3 is 1. The molecular formula is C106H114F6I2N14O17. The summed E-state index contributed by atoms with van der Waals surface area (Å²) >= 11 is 4.09. The van der Waals surface area contributed by atoms with Crippen molar-refractivity contribution in [1.82, 2.24) is 58.3 Å². The number of nitrogens with one attached hydrogen (secondary N) is 2. The number of fused-ring (bicyclic) bond motifs is 7. The van der Waals surface area contributed by atoms with Crippen molar-refractivity contribution in [2.75, 3.05) is 74.1 Å². The predicted molar refractivity (Wildman–Crippen MR) is 541 cm³/mol. The Kier molecular flexibility index (Phi) is 34.3. The van der Waals surface area contributed by atoms with Gasteiger partial charge in [-0.1, -0.05) is 123 Å². The van der Waals surface area contributed by atoms with E-state index in [0.29, 0.717) is 99.7 Å².